The molecule has 0 spiro atoms. The van der Waals surface area contributed by atoms with Gasteiger partial charge in [-0.25, -0.2) is 0 Å². The number of hydrogen-bond acceptors (Lipinski definition) is 4. The molecule has 0 aliphatic heterocycles. The Labute approximate surface area is 156 Å². The Morgan fingerprint density at radius 2 is 1.80 bits per heavy atom. The van der Waals surface area contributed by atoms with Gasteiger partial charge < -0.3 is 19.9 Å². The van der Waals surface area contributed by atoms with Crippen LogP contribution in [0.3, 0.4) is 0 Å². The quantitative estimate of drug-likeness (QED) is 0.680. The van der Waals surface area contributed by atoms with Crippen molar-refractivity contribution in [3.63, 3.8) is 0 Å². The van der Waals surface area contributed by atoms with Crippen molar-refractivity contribution in [2.75, 3.05) is 13.2 Å². The Morgan fingerprint density at radius 3 is 2.44 bits per heavy atom. The van der Waals surface area contributed by atoms with Crippen molar-refractivity contribution in [1.82, 2.24) is 5.32 Å². The van der Waals surface area contributed by atoms with E-state index in [0.717, 1.165) is 11.1 Å². The van der Waals surface area contributed by atoms with E-state index in [1.165, 1.54) is 0 Å². The van der Waals surface area contributed by atoms with Gasteiger partial charge in [0.05, 0.1) is 13.2 Å². The normalized spacial score (nSPS) is 10.5. The lowest BCUT2D eigenvalue weighted by atomic mass is 10.2. The second-order valence-corrected chi connectivity index (χ2v) is 6.08. The summed E-state index contributed by atoms with van der Waals surface area (Å²) in [5, 5.41) is 12.6. The molecule has 0 radical (unpaired) electrons. The van der Waals surface area contributed by atoms with Crippen molar-refractivity contribution in [2.45, 2.75) is 20.1 Å². The number of ether oxygens (including phenoxy) is 2. The van der Waals surface area contributed by atoms with Gasteiger partial charge in [0.25, 0.3) is 0 Å². The fraction of sp³-hybridized carbons (Fsp3) is 0.278. The third-order valence-electron chi connectivity index (χ3n) is 3.31. The van der Waals surface area contributed by atoms with Crippen molar-refractivity contribution in [3.05, 3.63) is 57.6 Å². The number of hydrogen-bond donors (Lipinski definition) is 2. The lowest BCUT2D eigenvalue weighted by Gasteiger charge is -2.15. The van der Waals surface area contributed by atoms with Crippen LogP contribution in [0.4, 0.5) is 0 Å². The molecule has 0 amide bonds. The average Bonchev–Trinajstić information content (AvgIpc) is 2.57. The van der Waals surface area contributed by atoms with Gasteiger partial charge in [-0.2, -0.15) is 0 Å². The maximum absolute atomic E-state index is 10.6. The molecule has 0 aromatic heterocycles. The van der Waals surface area contributed by atoms with E-state index in [1.807, 2.05) is 19.1 Å². The van der Waals surface area contributed by atoms with Gasteiger partial charge in [0.2, 0.25) is 0 Å². The molecule has 5 nitrogen and oxygen atoms in total. The molecular formula is C18H19Cl2NO4. The summed E-state index contributed by atoms with van der Waals surface area (Å²) in [6.45, 7) is 2.88. The first-order chi connectivity index (χ1) is 12.0. The minimum absolute atomic E-state index is 0.144. The maximum Gasteiger partial charge on any atom is 0.317 e. The Hall–Kier alpha value is -1.95. The Morgan fingerprint density at radius 1 is 1.12 bits per heavy atom. The summed E-state index contributed by atoms with van der Waals surface area (Å²) in [6.07, 6.45) is 0. The first kappa shape index (κ1) is 19.4. The fourth-order valence-corrected chi connectivity index (χ4v) is 2.49. The van der Waals surface area contributed by atoms with Gasteiger partial charge in [0.15, 0.2) is 11.5 Å². The highest BCUT2D eigenvalue weighted by atomic mass is 35.5. The number of halogens is 2. The minimum atomic E-state index is -0.927. The minimum Gasteiger partial charge on any atom is -0.490 e. The van der Waals surface area contributed by atoms with E-state index in [9.17, 15) is 4.79 Å². The van der Waals surface area contributed by atoms with E-state index in [4.69, 9.17) is 37.8 Å². The topological polar surface area (TPSA) is 67.8 Å². The molecule has 134 valence electrons. The van der Waals surface area contributed by atoms with Crippen LogP contribution in [-0.2, 0) is 17.9 Å². The number of carbonyl (C=O) groups is 1. The van der Waals surface area contributed by atoms with E-state index in [-0.39, 0.29) is 6.54 Å². The number of rotatable bonds is 9. The molecule has 0 saturated carbocycles. The second kappa shape index (κ2) is 9.51. The third-order valence-corrected chi connectivity index (χ3v) is 3.92. The molecule has 0 fully saturated rings. The van der Waals surface area contributed by atoms with Crippen LogP contribution in [0.15, 0.2) is 36.4 Å². The predicted octanol–water partition coefficient (Wildman–Crippen LogP) is 4.15. The fourth-order valence-electron chi connectivity index (χ4n) is 2.14. The molecule has 0 bridgehead atoms. The summed E-state index contributed by atoms with van der Waals surface area (Å²) in [7, 11) is 0. The summed E-state index contributed by atoms with van der Waals surface area (Å²) in [5.41, 5.74) is 1.71. The molecular weight excluding hydrogens is 365 g/mol. The SMILES string of the molecule is CCOc1cc(CNCC(=O)O)c(Cl)cc1OCc1ccc(Cl)cc1. The van der Waals surface area contributed by atoms with Gasteiger partial charge in [0.1, 0.15) is 6.61 Å². The summed E-state index contributed by atoms with van der Waals surface area (Å²) in [5.74, 6) is 0.167. The van der Waals surface area contributed by atoms with Gasteiger partial charge in [-0.1, -0.05) is 35.3 Å². The lowest BCUT2D eigenvalue weighted by Crippen LogP contribution is -2.22. The van der Waals surface area contributed by atoms with Crippen LogP contribution < -0.4 is 14.8 Å². The van der Waals surface area contributed by atoms with Crippen LogP contribution >= 0.6 is 23.2 Å². The molecule has 2 aromatic rings. The molecule has 2 N–H and O–H groups in total. The molecule has 0 aliphatic rings. The van der Waals surface area contributed by atoms with Crippen LogP contribution in [0, 0.1) is 0 Å². The number of benzene rings is 2. The van der Waals surface area contributed by atoms with Crippen molar-refractivity contribution < 1.29 is 19.4 Å². The molecule has 0 unspecified atom stereocenters. The van der Waals surface area contributed by atoms with Gasteiger partial charge in [-0.15, -0.1) is 0 Å². The molecule has 7 heteroatoms. The molecule has 2 rings (SSSR count). The predicted molar refractivity (Wildman–Crippen MR) is 97.7 cm³/mol. The van der Waals surface area contributed by atoms with Gasteiger partial charge in [0, 0.05) is 22.7 Å². The monoisotopic (exact) mass is 383 g/mol. The Balaban J connectivity index is 2.11. The zero-order valence-corrected chi connectivity index (χ0v) is 15.2. The van der Waals surface area contributed by atoms with E-state index in [2.05, 4.69) is 5.32 Å². The van der Waals surface area contributed by atoms with Gasteiger partial charge in [-0.05, 0) is 36.2 Å². The molecule has 0 saturated heterocycles. The molecule has 0 atom stereocenters. The van der Waals surface area contributed by atoms with Crippen molar-refractivity contribution in [3.8, 4) is 11.5 Å². The van der Waals surface area contributed by atoms with Crippen LogP contribution in [0.25, 0.3) is 0 Å². The zero-order chi connectivity index (χ0) is 18.2. The van der Waals surface area contributed by atoms with Crippen LogP contribution in [0.2, 0.25) is 10.0 Å². The number of aliphatic carboxylic acids is 1. The van der Waals surface area contributed by atoms with Crippen LogP contribution in [0.1, 0.15) is 18.1 Å². The Bertz CT molecular complexity index is 720. The van der Waals surface area contributed by atoms with Crippen molar-refractivity contribution in [2.24, 2.45) is 0 Å². The highest BCUT2D eigenvalue weighted by Crippen LogP contribution is 2.34. The number of nitrogens with one attached hydrogen (secondary N) is 1. The summed E-state index contributed by atoms with van der Waals surface area (Å²) >= 11 is 12.2. The number of carboxylic acids is 1. The van der Waals surface area contributed by atoms with Gasteiger partial charge in [-0.3, -0.25) is 4.79 Å². The summed E-state index contributed by atoms with van der Waals surface area (Å²) < 4.78 is 11.4. The number of carboxylic acid groups (broad SMARTS) is 1. The summed E-state index contributed by atoms with van der Waals surface area (Å²) in [4.78, 5) is 10.6. The Kier molecular flexibility index (Phi) is 7.37. The largest absolute Gasteiger partial charge is 0.490 e. The molecule has 0 heterocycles. The first-order valence-corrected chi connectivity index (χ1v) is 8.50. The van der Waals surface area contributed by atoms with Crippen LogP contribution in [0.5, 0.6) is 11.5 Å². The van der Waals surface area contributed by atoms with E-state index < -0.39 is 5.97 Å². The van der Waals surface area contributed by atoms with Crippen molar-refractivity contribution in [1.29, 1.82) is 0 Å². The third kappa shape index (κ3) is 6.12. The first-order valence-electron chi connectivity index (χ1n) is 7.74. The summed E-state index contributed by atoms with van der Waals surface area (Å²) in [6, 6.07) is 10.8. The second-order valence-electron chi connectivity index (χ2n) is 5.24. The zero-order valence-electron chi connectivity index (χ0n) is 13.7. The van der Waals surface area contributed by atoms with Crippen molar-refractivity contribution >= 4 is 29.2 Å². The molecule has 0 aliphatic carbocycles. The smallest absolute Gasteiger partial charge is 0.317 e. The van der Waals surface area contributed by atoms with Crippen LogP contribution in [-0.4, -0.2) is 24.2 Å². The highest BCUT2D eigenvalue weighted by Gasteiger charge is 2.12. The van der Waals surface area contributed by atoms with E-state index in [1.54, 1.807) is 24.3 Å². The average molecular weight is 384 g/mol. The highest BCUT2D eigenvalue weighted by molar-refractivity contribution is 6.31. The van der Waals surface area contributed by atoms with E-state index in [0.29, 0.717) is 41.3 Å². The standard InChI is InChI=1S/C18H19Cl2NO4/c1-2-24-16-7-13(9-21-10-18(22)23)15(20)8-17(16)25-11-12-3-5-14(19)6-4-12/h3-8,21H,2,9-11H2,1H3,(H,22,23). The molecule has 2 aromatic carbocycles. The maximum atomic E-state index is 10.6. The van der Waals surface area contributed by atoms with E-state index >= 15 is 0 Å². The lowest BCUT2D eigenvalue weighted by molar-refractivity contribution is -0.135. The van der Waals surface area contributed by atoms with Gasteiger partial charge >= 0.3 is 5.97 Å². The molecule has 25 heavy (non-hydrogen) atoms.